The summed E-state index contributed by atoms with van der Waals surface area (Å²) in [7, 11) is 7.62. The highest BCUT2D eigenvalue weighted by Crippen LogP contribution is 2.42. The van der Waals surface area contributed by atoms with Gasteiger partial charge in [0.05, 0.1) is 58.0 Å². The zero-order valence-electron chi connectivity index (χ0n) is 25.2. The van der Waals surface area contributed by atoms with Crippen LogP contribution in [-0.2, 0) is 9.53 Å². The average molecular weight is 617 g/mol. The maximum Gasteiger partial charge on any atom is 0.338 e. The smallest absolute Gasteiger partial charge is 0.338 e. The molecule has 2 heterocycles. The van der Waals surface area contributed by atoms with Gasteiger partial charge in [0.25, 0.3) is 5.56 Å². The molecule has 228 valence electrons. The predicted octanol–water partition coefficient (Wildman–Crippen LogP) is 3.98. The zero-order valence-corrected chi connectivity index (χ0v) is 26.0. The number of methoxy groups -OCH3 is 5. The third kappa shape index (κ3) is 5.42. The number of para-hydroxylation sites is 1. The van der Waals surface area contributed by atoms with E-state index in [-0.39, 0.29) is 17.7 Å². The van der Waals surface area contributed by atoms with Crippen LogP contribution in [-0.4, -0.2) is 52.7 Å². The van der Waals surface area contributed by atoms with Gasteiger partial charge in [-0.05, 0) is 36.8 Å². The molecule has 0 bridgehead atoms. The highest BCUT2D eigenvalue weighted by atomic mass is 32.1. The lowest BCUT2D eigenvalue weighted by molar-refractivity contribution is -0.138. The Morgan fingerprint density at radius 3 is 2.11 bits per heavy atom. The first-order chi connectivity index (χ1) is 21.4. The van der Waals surface area contributed by atoms with E-state index in [2.05, 4.69) is 0 Å². The summed E-state index contributed by atoms with van der Waals surface area (Å²) >= 11 is 1.20. The summed E-state index contributed by atoms with van der Waals surface area (Å²) < 4.78 is 35.3. The maximum absolute atomic E-state index is 14.3. The van der Waals surface area contributed by atoms with Crippen molar-refractivity contribution in [3.8, 4) is 28.7 Å². The van der Waals surface area contributed by atoms with Gasteiger partial charge >= 0.3 is 5.97 Å². The van der Waals surface area contributed by atoms with E-state index in [4.69, 9.17) is 33.4 Å². The molecule has 11 heteroatoms. The number of fused-ring (bicyclic) bond motifs is 1. The highest BCUT2D eigenvalue weighted by Gasteiger charge is 2.37. The lowest BCUT2D eigenvalue weighted by atomic mass is 9.92. The third-order valence-corrected chi connectivity index (χ3v) is 8.07. The Hall–Kier alpha value is -5.03. The number of carbonyl (C=O) groups excluding carboxylic acids is 1. The Labute approximate surface area is 258 Å². The minimum atomic E-state index is -0.937. The molecule has 3 aromatic carbocycles. The molecular weight excluding hydrogens is 584 g/mol. The van der Waals surface area contributed by atoms with Crippen LogP contribution in [0.15, 0.2) is 76.0 Å². The third-order valence-electron chi connectivity index (χ3n) is 7.09. The molecule has 1 aliphatic heterocycles. The van der Waals surface area contributed by atoms with Gasteiger partial charge in [-0.25, -0.2) is 9.79 Å². The molecule has 0 fully saturated rings. The molecule has 0 amide bonds. The van der Waals surface area contributed by atoms with Crippen molar-refractivity contribution in [1.29, 1.82) is 0 Å². The summed E-state index contributed by atoms with van der Waals surface area (Å²) in [6, 6.07) is 17.2. The number of thiazole rings is 1. The summed E-state index contributed by atoms with van der Waals surface area (Å²) in [5.41, 5.74) is 2.14. The SMILES string of the molecule is CCOC(=O)C1=C(c2ccccc2)N=c2s/c(=C/c3cc(OC)c(OC)c(OC)c3)c(=O)n2C1c1cccc(OC)c1OC. The second-order valence-corrected chi connectivity index (χ2v) is 10.5. The zero-order chi connectivity index (χ0) is 31.4. The molecule has 4 aromatic rings. The van der Waals surface area contributed by atoms with Gasteiger partial charge in [0.15, 0.2) is 27.8 Å². The van der Waals surface area contributed by atoms with Gasteiger partial charge in [0, 0.05) is 11.1 Å². The monoisotopic (exact) mass is 616 g/mol. The molecule has 0 saturated heterocycles. The normalized spacial score (nSPS) is 14.4. The molecule has 1 aliphatic rings. The number of esters is 1. The number of aromatic nitrogens is 1. The van der Waals surface area contributed by atoms with Crippen molar-refractivity contribution in [3.63, 3.8) is 0 Å². The van der Waals surface area contributed by atoms with Crippen LogP contribution in [0.5, 0.6) is 28.7 Å². The largest absolute Gasteiger partial charge is 0.493 e. The lowest BCUT2D eigenvalue weighted by Gasteiger charge is -2.27. The van der Waals surface area contributed by atoms with Crippen LogP contribution in [0.25, 0.3) is 11.8 Å². The van der Waals surface area contributed by atoms with E-state index in [1.165, 1.54) is 51.5 Å². The highest BCUT2D eigenvalue weighted by molar-refractivity contribution is 7.07. The second kappa shape index (κ2) is 13.1. The minimum Gasteiger partial charge on any atom is -0.493 e. The number of rotatable bonds is 10. The van der Waals surface area contributed by atoms with Crippen LogP contribution < -0.4 is 38.6 Å². The van der Waals surface area contributed by atoms with Crippen LogP contribution >= 0.6 is 11.3 Å². The van der Waals surface area contributed by atoms with Crippen molar-refractivity contribution >= 4 is 29.1 Å². The fraction of sp³-hybridized carbons (Fsp3) is 0.242. The molecule has 1 atom stereocenters. The van der Waals surface area contributed by atoms with Gasteiger partial charge in [0.2, 0.25) is 5.75 Å². The fourth-order valence-corrected chi connectivity index (χ4v) is 6.20. The van der Waals surface area contributed by atoms with E-state index in [0.717, 1.165) is 0 Å². The first kappa shape index (κ1) is 30.4. The summed E-state index contributed by atoms with van der Waals surface area (Å²) in [5, 5.41) is 0. The number of nitrogens with zero attached hydrogens (tertiary/aromatic N) is 2. The van der Waals surface area contributed by atoms with Crippen molar-refractivity contribution < 1.29 is 33.2 Å². The predicted molar refractivity (Wildman–Crippen MR) is 167 cm³/mol. The van der Waals surface area contributed by atoms with Gasteiger partial charge in [0.1, 0.15) is 6.04 Å². The number of hydrogen-bond acceptors (Lipinski definition) is 10. The fourth-order valence-electron chi connectivity index (χ4n) is 5.20. The van der Waals surface area contributed by atoms with Crippen LogP contribution in [0.4, 0.5) is 0 Å². The molecule has 0 saturated carbocycles. The summed E-state index contributed by atoms with van der Waals surface area (Å²) in [6.45, 7) is 1.87. The Morgan fingerprint density at radius 2 is 1.52 bits per heavy atom. The van der Waals surface area contributed by atoms with E-state index >= 15 is 0 Å². The van der Waals surface area contributed by atoms with Crippen molar-refractivity contribution in [2.45, 2.75) is 13.0 Å². The van der Waals surface area contributed by atoms with Crippen LogP contribution in [0.2, 0.25) is 0 Å². The second-order valence-electron chi connectivity index (χ2n) is 9.47. The standard InChI is InChI=1S/C33H32N2O8S/c1-7-43-32(37)26-27(20-12-9-8-10-13-20)34-33-35(28(26)21-14-11-15-22(38-2)29(21)41-5)31(36)25(44-33)18-19-16-23(39-3)30(42-6)24(17-19)40-4/h8-18,28H,7H2,1-6H3/b25-18+. The Kier molecular flexibility index (Phi) is 9.05. The molecule has 0 aliphatic carbocycles. The molecule has 0 spiro atoms. The quantitative estimate of drug-likeness (QED) is 0.247. The first-order valence-electron chi connectivity index (χ1n) is 13.7. The molecule has 1 aromatic heterocycles. The van der Waals surface area contributed by atoms with Crippen LogP contribution in [0.1, 0.15) is 29.7 Å². The van der Waals surface area contributed by atoms with Gasteiger partial charge in [-0.15, -0.1) is 0 Å². The van der Waals surface area contributed by atoms with Crippen molar-refractivity contribution in [2.24, 2.45) is 4.99 Å². The van der Waals surface area contributed by atoms with Gasteiger partial charge < -0.3 is 28.4 Å². The van der Waals surface area contributed by atoms with Gasteiger partial charge in [-0.3, -0.25) is 9.36 Å². The van der Waals surface area contributed by atoms with E-state index in [1.807, 2.05) is 30.3 Å². The van der Waals surface area contributed by atoms with E-state index in [1.54, 1.807) is 43.3 Å². The molecular formula is C33H32N2O8S. The molecule has 10 nitrogen and oxygen atoms in total. The minimum absolute atomic E-state index is 0.137. The Morgan fingerprint density at radius 1 is 0.864 bits per heavy atom. The van der Waals surface area contributed by atoms with E-state index < -0.39 is 12.0 Å². The Bertz CT molecular complexity index is 1890. The lowest BCUT2D eigenvalue weighted by Crippen LogP contribution is -2.40. The number of carbonyl (C=O) groups is 1. The summed E-state index contributed by atoms with van der Waals surface area (Å²) in [6.07, 6.45) is 1.73. The number of benzene rings is 3. The van der Waals surface area contributed by atoms with Gasteiger partial charge in [-0.2, -0.15) is 0 Å². The van der Waals surface area contributed by atoms with Crippen LogP contribution in [0.3, 0.4) is 0 Å². The van der Waals surface area contributed by atoms with Gasteiger partial charge in [-0.1, -0.05) is 53.8 Å². The maximum atomic E-state index is 14.3. The summed E-state index contributed by atoms with van der Waals surface area (Å²) in [5.74, 6) is 1.57. The number of hydrogen-bond donors (Lipinski definition) is 0. The molecule has 0 radical (unpaired) electrons. The molecule has 1 unspecified atom stereocenters. The van der Waals surface area contributed by atoms with Crippen molar-refractivity contribution in [3.05, 3.63) is 103 Å². The molecule has 44 heavy (non-hydrogen) atoms. The number of ether oxygens (including phenoxy) is 6. The van der Waals surface area contributed by atoms with E-state index in [0.29, 0.717) is 60.5 Å². The molecule has 0 N–H and O–H groups in total. The van der Waals surface area contributed by atoms with Crippen molar-refractivity contribution in [2.75, 3.05) is 42.2 Å². The Balaban J connectivity index is 1.86. The topological polar surface area (TPSA) is 107 Å². The summed E-state index contributed by atoms with van der Waals surface area (Å²) in [4.78, 5) is 33.4. The van der Waals surface area contributed by atoms with Crippen LogP contribution in [0, 0.1) is 0 Å². The molecule has 5 rings (SSSR count). The first-order valence-corrected chi connectivity index (χ1v) is 14.5. The average Bonchev–Trinajstić information content (AvgIpc) is 3.37. The van der Waals surface area contributed by atoms with E-state index in [9.17, 15) is 9.59 Å². The van der Waals surface area contributed by atoms with Crippen molar-refractivity contribution in [1.82, 2.24) is 4.57 Å².